The average Bonchev–Trinajstić information content (AvgIpc) is 2.69. The Morgan fingerprint density at radius 1 is 1.35 bits per heavy atom. The Bertz CT molecular complexity index is 619. The zero-order chi connectivity index (χ0) is 14.3. The fraction of sp³-hybridized carbons (Fsp3) is 0.333. The first kappa shape index (κ1) is 13.4. The maximum atomic E-state index is 12.3. The predicted octanol–water partition coefficient (Wildman–Crippen LogP) is 2.28. The van der Waals surface area contributed by atoms with Gasteiger partial charge in [-0.2, -0.15) is 0 Å². The van der Waals surface area contributed by atoms with Crippen LogP contribution < -0.4 is 5.32 Å². The van der Waals surface area contributed by atoms with E-state index in [1.54, 1.807) is 0 Å². The molecule has 0 fully saturated rings. The summed E-state index contributed by atoms with van der Waals surface area (Å²) < 4.78 is 1.03. The van der Waals surface area contributed by atoms with Crippen molar-refractivity contribution in [2.24, 2.45) is 4.99 Å². The van der Waals surface area contributed by atoms with Gasteiger partial charge in [0.05, 0.1) is 12.6 Å². The highest BCUT2D eigenvalue weighted by atomic mass is 79.9. The van der Waals surface area contributed by atoms with Crippen molar-refractivity contribution in [3.05, 3.63) is 45.6 Å². The summed E-state index contributed by atoms with van der Waals surface area (Å²) in [4.78, 5) is 18.9. The minimum atomic E-state index is -0.102. The van der Waals surface area contributed by atoms with Crippen LogP contribution in [0.5, 0.6) is 0 Å². The van der Waals surface area contributed by atoms with Gasteiger partial charge in [-0.25, -0.2) is 0 Å². The van der Waals surface area contributed by atoms with Gasteiger partial charge in [-0.15, -0.1) is 0 Å². The summed E-state index contributed by atoms with van der Waals surface area (Å²) in [7, 11) is 1.95. The molecule has 2 aliphatic heterocycles. The number of halogens is 1. The summed E-state index contributed by atoms with van der Waals surface area (Å²) in [6, 6.07) is 7.95. The van der Waals surface area contributed by atoms with E-state index in [2.05, 4.69) is 26.2 Å². The van der Waals surface area contributed by atoms with Crippen LogP contribution >= 0.6 is 15.9 Å². The number of aliphatic imine (C=N–C) groups is 1. The molecule has 2 aliphatic rings. The summed E-state index contributed by atoms with van der Waals surface area (Å²) in [6.45, 7) is 3.49. The molecule has 4 nitrogen and oxygen atoms in total. The van der Waals surface area contributed by atoms with Gasteiger partial charge in [0.1, 0.15) is 5.70 Å². The zero-order valence-corrected chi connectivity index (χ0v) is 13.1. The molecule has 0 spiro atoms. The van der Waals surface area contributed by atoms with Crippen molar-refractivity contribution in [1.29, 1.82) is 0 Å². The maximum Gasteiger partial charge on any atom is 0.268 e. The predicted molar refractivity (Wildman–Crippen MR) is 82.7 cm³/mol. The third kappa shape index (κ3) is 2.16. The molecule has 1 amide bonds. The number of nitrogens with zero attached hydrogens (tertiary/aromatic N) is 2. The maximum absolute atomic E-state index is 12.3. The third-order valence-corrected chi connectivity index (χ3v) is 4.32. The fourth-order valence-corrected chi connectivity index (χ4v) is 3.02. The van der Waals surface area contributed by atoms with Gasteiger partial charge < -0.3 is 10.2 Å². The summed E-state index contributed by atoms with van der Waals surface area (Å²) in [6.07, 6.45) is 0. The molecular weight excluding hydrogens is 318 g/mol. The van der Waals surface area contributed by atoms with E-state index in [9.17, 15) is 4.79 Å². The largest absolute Gasteiger partial charge is 0.368 e. The van der Waals surface area contributed by atoms with Gasteiger partial charge in [0.25, 0.3) is 5.91 Å². The highest BCUT2D eigenvalue weighted by molar-refractivity contribution is 9.10. The Labute approximate surface area is 126 Å². The van der Waals surface area contributed by atoms with E-state index in [4.69, 9.17) is 0 Å². The number of carbonyl (C=O) groups is 1. The first-order valence-electron chi connectivity index (χ1n) is 6.61. The average molecular weight is 334 g/mol. The second-order valence-electron chi connectivity index (χ2n) is 5.11. The van der Waals surface area contributed by atoms with E-state index in [0.29, 0.717) is 0 Å². The SMILES string of the molecule is CC1=NCCN(C)C2=C1C(c1ccc(Br)cc1)NC2=O. The first-order valence-corrected chi connectivity index (χ1v) is 7.40. The zero-order valence-electron chi connectivity index (χ0n) is 11.5. The Morgan fingerprint density at radius 2 is 2.05 bits per heavy atom. The molecule has 1 aromatic rings. The number of hydrogen-bond acceptors (Lipinski definition) is 3. The molecule has 5 heteroatoms. The van der Waals surface area contributed by atoms with Gasteiger partial charge in [-0.05, 0) is 24.6 Å². The van der Waals surface area contributed by atoms with Gasteiger partial charge in [0.2, 0.25) is 0 Å². The van der Waals surface area contributed by atoms with Crippen LogP contribution in [0.25, 0.3) is 0 Å². The molecule has 104 valence electrons. The van der Waals surface area contributed by atoms with E-state index < -0.39 is 0 Å². The molecule has 0 aliphatic carbocycles. The molecule has 1 N–H and O–H groups in total. The van der Waals surface area contributed by atoms with E-state index >= 15 is 0 Å². The molecule has 2 heterocycles. The quantitative estimate of drug-likeness (QED) is 0.856. The topological polar surface area (TPSA) is 44.7 Å². The molecule has 0 radical (unpaired) electrons. The Kier molecular flexibility index (Phi) is 3.38. The summed E-state index contributed by atoms with van der Waals surface area (Å²) in [5, 5.41) is 3.07. The van der Waals surface area contributed by atoms with Crippen LogP contribution in [0, 0.1) is 0 Å². The van der Waals surface area contributed by atoms with Crippen LogP contribution in [-0.4, -0.2) is 36.7 Å². The summed E-state index contributed by atoms with van der Waals surface area (Å²) in [5.74, 6) is -0.00753. The third-order valence-electron chi connectivity index (χ3n) is 3.79. The first-order chi connectivity index (χ1) is 9.58. The highest BCUT2D eigenvalue weighted by Gasteiger charge is 2.36. The molecular formula is C15H16BrN3O. The monoisotopic (exact) mass is 333 g/mol. The molecule has 0 saturated heterocycles. The number of carbonyl (C=O) groups excluding carboxylic acids is 1. The van der Waals surface area contributed by atoms with E-state index in [0.717, 1.165) is 40.1 Å². The van der Waals surface area contributed by atoms with Crippen molar-refractivity contribution in [3.63, 3.8) is 0 Å². The second-order valence-corrected chi connectivity index (χ2v) is 6.02. The van der Waals surface area contributed by atoms with Crippen molar-refractivity contribution >= 4 is 27.5 Å². The van der Waals surface area contributed by atoms with Gasteiger partial charge in [-0.3, -0.25) is 9.79 Å². The Hall–Kier alpha value is -1.62. The van der Waals surface area contributed by atoms with E-state index in [-0.39, 0.29) is 11.9 Å². The molecule has 1 unspecified atom stereocenters. The minimum absolute atomic E-state index is 0.00753. The van der Waals surface area contributed by atoms with Crippen molar-refractivity contribution in [1.82, 2.24) is 10.2 Å². The van der Waals surface area contributed by atoms with Gasteiger partial charge >= 0.3 is 0 Å². The lowest BCUT2D eigenvalue weighted by molar-refractivity contribution is -0.118. The summed E-state index contributed by atoms with van der Waals surface area (Å²) in [5.41, 5.74) is 3.81. The molecule has 20 heavy (non-hydrogen) atoms. The van der Waals surface area contributed by atoms with Crippen LogP contribution in [0.1, 0.15) is 18.5 Å². The minimum Gasteiger partial charge on any atom is -0.368 e. The van der Waals surface area contributed by atoms with Crippen LogP contribution in [0.15, 0.2) is 45.0 Å². The lowest BCUT2D eigenvalue weighted by Crippen LogP contribution is -2.29. The highest BCUT2D eigenvalue weighted by Crippen LogP contribution is 2.33. The van der Waals surface area contributed by atoms with Crippen LogP contribution in [-0.2, 0) is 4.79 Å². The van der Waals surface area contributed by atoms with Crippen LogP contribution in [0.3, 0.4) is 0 Å². The van der Waals surface area contributed by atoms with Crippen LogP contribution in [0.2, 0.25) is 0 Å². The number of rotatable bonds is 1. The number of benzene rings is 1. The molecule has 0 saturated carbocycles. The summed E-state index contributed by atoms with van der Waals surface area (Å²) >= 11 is 3.44. The lowest BCUT2D eigenvalue weighted by atomic mass is 9.96. The normalized spacial score (nSPS) is 22.4. The molecule has 3 rings (SSSR count). The van der Waals surface area contributed by atoms with Crippen molar-refractivity contribution in [2.45, 2.75) is 13.0 Å². The lowest BCUT2D eigenvalue weighted by Gasteiger charge is -2.17. The second kappa shape index (κ2) is 5.05. The Balaban J connectivity index is 2.09. The van der Waals surface area contributed by atoms with Gasteiger partial charge in [0, 0.05) is 29.3 Å². The fourth-order valence-electron chi connectivity index (χ4n) is 2.76. The van der Waals surface area contributed by atoms with Crippen molar-refractivity contribution in [2.75, 3.05) is 20.1 Å². The standard InChI is InChI=1S/C15H16BrN3O/c1-9-12-13(10-3-5-11(16)6-4-10)18-15(20)14(12)19(2)8-7-17-9/h3-6,13H,7-8H2,1-2H3,(H,18,20). The Morgan fingerprint density at radius 3 is 2.75 bits per heavy atom. The van der Waals surface area contributed by atoms with Gasteiger partial charge in [-0.1, -0.05) is 28.1 Å². The number of nitrogens with one attached hydrogen (secondary N) is 1. The molecule has 1 atom stereocenters. The number of amides is 1. The molecule has 0 bridgehead atoms. The van der Waals surface area contributed by atoms with Crippen molar-refractivity contribution in [3.8, 4) is 0 Å². The number of hydrogen-bond donors (Lipinski definition) is 1. The number of likely N-dealkylation sites (N-methyl/N-ethyl adjacent to an activating group) is 1. The molecule has 0 aromatic heterocycles. The smallest absolute Gasteiger partial charge is 0.268 e. The van der Waals surface area contributed by atoms with Gasteiger partial charge in [0.15, 0.2) is 0 Å². The van der Waals surface area contributed by atoms with Crippen LogP contribution in [0.4, 0.5) is 0 Å². The molecule has 1 aromatic carbocycles. The van der Waals surface area contributed by atoms with Crippen molar-refractivity contribution < 1.29 is 4.79 Å². The van der Waals surface area contributed by atoms with E-state index in [1.165, 1.54) is 0 Å². The van der Waals surface area contributed by atoms with E-state index in [1.807, 2.05) is 43.1 Å².